The summed E-state index contributed by atoms with van der Waals surface area (Å²) in [6.45, 7) is 1.82. The van der Waals surface area contributed by atoms with E-state index in [1.807, 2.05) is 18.2 Å². The number of carboxylic acids is 1. The fraction of sp³-hybridized carbons (Fsp3) is 0.500. The molecule has 1 aliphatic rings. The van der Waals surface area contributed by atoms with E-state index in [2.05, 4.69) is 11.4 Å². The van der Waals surface area contributed by atoms with Crippen molar-refractivity contribution in [1.82, 2.24) is 10.2 Å². The van der Waals surface area contributed by atoms with E-state index in [-0.39, 0.29) is 12.5 Å². The summed E-state index contributed by atoms with van der Waals surface area (Å²) >= 11 is 6.02. The van der Waals surface area contributed by atoms with Gasteiger partial charge in [0.1, 0.15) is 0 Å². The minimum absolute atomic E-state index is 0.0805. The van der Waals surface area contributed by atoms with Gasteiger partial charge in [-0.1, -0.05) is 23.7 Å². The van der Waals surface area contributed by atoms with Crippen molar-refractivity contribution in [3.05, 3.63) is 34.9 Å². The molecule has 6 heteroatoms. The normalized spacial score (nSPS) is 15.6. The number of hydrogen-bond donors (Lipinski definition) is 2. The van der Waals surface area contributed by atoms with Gasteiger partial charge < -0.3 is 15.3 Å². The molecule has 0 aliphatic carbocycles. The summed E-state index contributed by atoms with van der Waals surface area (Å²) in [5.74, 6) is -0.397. The monoisotopic (exact) mass is 324 g/mol. The first-order valence-corrected chi connectivity index (χ1v) is 7.94. The SMILES string of the molecule is O=C(O)CCCNC(=O)N1CCC(c2cccc(Cl)c2)CC1. The molecule has 120 valence electrons. The lowest BCUT2D eigenvalue weighted by Gasteiger charge is -2.32. The van der Waals surface area contributed by atoms with Crippen LogP contribution in [0.4, 0.5) is 4.79 Å². The number of piperidine rings is 1. The zero-order chi connectivity index (χ0) is 15.9. The molecule has 1 saturated heterocycles. The maximum Gasteiger partial charge on any atom is 0.317 e. The van der Waals surface area contributed by atoms with Crippen LogP contribution in [0.2, 0.25) is 5.02 Å². The van der Waals surface area contributed by atoms with Crippen molar-refractivity contribution in [3.63, 3.8) is 0 Å². The van der Waals surface area contributed by atoms with E-state index in [1.165, 1.54) is 5.56 Å². The number of amides is 2. The zero-order valence-electron chi connectivity index (χ0n) is 12.4. The molecular formula is C16H21ClN2O3. The Bertz CT molecular complexity index is 528. The van der Waals surface area contributed by atoms with Gasteiger partial charge in [0.25, 0.3) is 0 Å². The molecule has 1 heterocycles. The van der Waals surface area contributed by atoms with Gasteiger partial charge in [0, 0.05) is 31.1 Å². The van der Waals surface area contributed by atoms with Gasteiger partial charge in [0.15, 0.2) is 0 Å². The molecule has 0 atom stereocenters. The summed E-state index contributed by atoms with van der Waals surface area (Å²) in [7, 11) is 0. The van der Waals surface area contributed by atoms with Gasteiger partial charge in [-0.2, -0.15) is 0 Å². The number of nitrogens with one attached hydrogen (secondary N) is 1. The highest BCUT2D eigenvalue weighted by Crippen LogP contribution is 2.29. The van der Waals surface area contributed by atoms with Crippen LogP contribution in [0.3, 0.4) is 0 Å². The molecule has 1 aromatic rings. The lowest BCUT2D eigenvalue weighted by Crippen LogP contribution is -2.44. The fourth-order valence-corrected chi connectivity index (χ4v) is 2.92. The Morgan fingerprint density at radius 1 is 1.32 bits per heavy atom. The van der Waals surface area contributed by atoms with Gasteiger partial charge in [-0.05, 0) is 42.9 Å². The van der Waals surface area contributed by atoms with E-state index in [0.717, 1.165) is 17.9 Å². The quantitative estimate of drug-likeness (QED) is 0.818. The number of rotatable bonds is 5. The van der Waals surface area contributed by atoms with Crippen molar-refractivity contribution < 1.29 is 14.7 Å². The van der Waals surface area contributed by atoms with E-state index < -0.39 is 5.97 Å². The first kappa shape index (κ1) is 16.6. The van der Waals surface area contributed by atoms with Gasteiger partial charge in [0.05, 0.1) is 0 Å². The van der Waals surface area contributed by atoms with Crippen molar-refractivity contribution in [2.24, 2.45) is 0 Å². The molecule has 0 spiro atoms. The van der Waals surface area contributed by atoms with E-state index in [9.17, 15) is 9.59 Å². The summed E-state index contributed by atoms with van der Waals surface area (Å²) in [5.41, 5.74) is 1.23. The maximum absolute atomic E-state index is 12.0. The highest BCUT2D eigenvalue weighted by molar-refractivity contribution is 6.30. The lowest BCUT2D eigenvalue weighted by molar-refractivity contribution is -0.137. The van der Waals surface area contributed by atoms with Crippen LogP contribution in [-0.2, 0) is 4.79 Å². The molecule has 0 aromatic heterocycles. The van der Waals surface area contributed by atoms with E-state index in [4.69, 9.17) is 16.7 Å². The molecule has 0 bridgehead atoms. The topological polar surface area (TPSA) is 69.6 Å². The maximum atomic E-state index is 12.0. The minimum Gasteiger partial charge on any atom is -0.481 e. The molecule has 1 aromatic carbocycles. The predicted molar refractivity (Wildman–Crippen MR) is 85.3 cm³/mol. The highest BCUT2D eigenvalue weighted by atomic mass is 35.5. The average Bonchev–Trinajstić information content (AvgIpc) is 2.51. The Labute approximate surface area is 135 Å². The standard InChI is InChI=1S/C16H21ClN2O3/c17-14-4-1-3-13(11-14)12-6-9-19(10-7-12)16(22)18-8-2-5-15(20)21/h1,3-4,11-12H,2,5-10H2,(H,18,22)(H,20,21). The second-order valence-electron chi connectivity index (χ2n) is 5.55. The third-order valence-corrected chi connectivity index (χ3v) is 4.18. The van der Waals surface area contributed by atoms with Gasteiger partial charge in [-0.25, -0.2) is 4.79 Å². The van der Waals surface area contributed by atoms with Crippen LogP contribution in [0, 0.1) is 0 Å². The number of carbonyl (C=O) groups excluding carboxylic acids is 1. The van der Waals surface area contributed by atoms with Gasteiger partial charge in [0.2, 0.25) is 0 Å². The summed E-state index contributed by atoms with van der Waals surface area (Å²) < 4.78 is 0. The first-order valence-electron chi connectivity index (χ1n) is 7.56. The molecule has 2 rings (SSSR count). The minimum atomic E-state index is -0.836. The van der Waals surface area contributed by atoms with Crippen molar-refractivity contribution in [3.8, 4) is 0 Å². The number of carbonyl (C=O) groups is 2. The second-order valence-corrected chi connectivity index (χ2v) is 5.98. The molecule has 2 N–H and O–H groups in total. The highest BCUT2D eigenvalue weighted by Gasteiger charge is 2.23. The second kappa shape index (κ2) is 8.03. The molecule has 0 radical (unpaired) electrons. The lowest BCUT2D eigenvalue weighted by atomic mass is 9.89. The molecule has 22 heavy (non-hydrogen) atoms. The number of carboxylic acid groups (broad SMARTS) is 1. The Balaban J connectivity index is 1.74. The number of hydrogen-bond acceptors (Lipinski definition) is 2. The van der Waals surface area contributed by atoms with Crippen LogP contribution in [-0.4, -0.2) is 41.6 Å². The Kier molecular flexibility index (Phi) is 6.07. The van der Waals surface area contributed by atoms with Gasteiger partial charge in [-0.15, -0.1) is 0 Å². The molecule has 1 fully saturated rings. The molecule has 1 aliphatic heterocycles. The third kappa shape index (κ3) is 4.91. The first-order chi connectivity index (χ1) is 10.6. The largest absolute Gasteiger partial charge is 0.481 e. The summed E-state index contributed by atoms with van der Waals surface area (Å²) in [6, 6.07) is 7.80. The van der Waals surface area contributed by atoms with Gasteiger partial charge >= 0.3 is 12.0 Å². The van der Waals surface area contributed by atoms with E-state index in [1.54, 1.807) is 4.90 Å². The van der Waals surface area contributed by atoms with E-state index >= 15 is 0 Å². The van der Waals surface area contributed by atoms with E-state index in [0.29, 0.717) is 32.0 Å². The van der Waals surface area contributed by atoms with Crippen LogP contribution in [0.1, 0.15) is 37.2 Å². The summed E-state index contributed by atoms with van der Waals surface area (Å²) in [6.07, 6.45) is 2.38. The van der Waals surface area contributed by atoms with Crippen LogP contribution >= 0.6 is 11.6 Å². The number of likely N-dealkylation sites (tertiary alicyclic amines) is 1. The van der Waals surface area contributed by atoms with Gasteiger partial charge in [-0.3, -0.25) is 4.79 Å². The van der Waals surface area contributed by atoms with Crippen molar-refractivity contribution >= 4 is 23.6 Å². The van der Waals surface area contributed by atoms with Crippen LogP contribution in [0.5, 0.6) is 0 Å². The van der Waals surface area contributed by atoms with Crippen LogP contribution < -0.4 is 5.32 Å². The van der Waals surface area contributed by atoms with Crippen molar-refractivity contribution in [2.75, 3.05) is 19.6 Å². The fourth-order valence-electron chi connectivity index (χ4n) is 2.72. The Morgan fingerprint density at radius 3 is 2.68 bits per heavy atom. The van der Waals surface area contributed by atoms with Crippen molar-refractivity contribution in [2.45, 2.75) is 31.6 Å². The smallest absolute Gasteiger partial charge is 0.317 e. The van der Waals surface area contributed by atoms with Crippen LogP contribution in [0.15, 0.2) is 24.3 Å². The number of aliphatic carboxylic acids is 1. The number of halogens is 1. The summed E-state index contributed by atoms with van der Waals surface area (Å²) in [4.78, 5) is 24.2. The third-order valence-electron chi connectivity index (χ3n) is 3.95. The molecule has 2 amide bonds. The Hall–Kier alpha value is -1.75. The number of benzene rings is 1. The molecule has 5 nitrogen and oxygen atoms in total. The zero-order valence-corrected chi connectivity index (χ0v) is 13.2. The van der Waals surface area contributed by atoms with Crippen LogP contribution in [0.25, 0.3) is 0 Å². The number of urea groups is 1. The molecular weight excluding hydrogens is 304 g/mol. The molecule has 0 unspecified atom stereocenters. The number of nitrogens with zero attached hydrogens (tertiary/aromatic N) is 1. The summed E-state index contributed by atoms with van der Waals surface area (Å²) in [5, 5.41) is 12.1. The van der Waals surface area contributed by atoms with Crippen molar-refractivity contribution in [1.29, 1.82) is 0 Å². The average molecular weight is 325 g/mol. The predicted octanol–water partition coefficient (Wildman–Crippen LogP) is 3.09. The molecule has 0 saturated carbocycles. The Morgan fingerprint density at radius 2 is 2.05 bits per heavy atom.